The number of carbonyl (C=O) groups is 1. The predicted molar refractivity (Wildman–Crippen MR) is 70.3 cm³/mol. The van der Waals surface area contributed by atoms with Crippen molar-refractivity contribution in [1.29, 1.82) is 0 Å². The summed E-state index contributed by atoms with van der Waals surface area (Å²) in [6, 6.07) is 0. The van der Waals surface area contributed by atoms with Crippen LogP contribution in [-0.4, -0.2) is 44.0 Å². The van der Waals surface area contributed by atoms with Gasteiger partial charge in [0, 0.05) is 30.7 Å². The van der Waals surface area contributed by atoms with E-state index in [2.05, 4.69) is 4.98 Å². The minimum Gasteiger partial charge on any atom is -0.338 e. The molecule has 1 aliphatic rings. The third kappa shape index (κ3) is 2.09. The maximum absolute atomic E-state index is 13.1. The zero-order valence-electron chi connectivity index (χ0n) is 11.1. The van der Waals surface area contributed by atoms with E-state index < -0.39 is 6.17 Å². The number of amides is 1. The van der Waals surface area contributed by atoms with Gasteiger partial charge in [-0.05, 0) is 13.3 Å². The Kier molecular flexibility index (Phi) is 3.04. The lowest BCUT2D eigenvalue weighted by molar-refractivity contribution is -0.131. The van der Waals surface area contributed by atoms with Crippen molar-refractivity contribution in [2.24, 2.45) is 0 Å². The summed E-state index contributed by atoms with van der Waals surface area (Å²) in [5.41, 5.74) is 1.09. The van der Waals surface area contributed by atoms with Gasteiger partial charge in [0.1, 0.15) is 18.4 Å². The molecule has 0 bridgehead atoms. The van der Waals surface area contributed by atoms with Gasteiger partial charge in [0.15, 0.2) is 0 Å². The maximum Gasteiger partial charge on any atom is 0.334 e. The molecule has 0 radical (unpaired) electrons. The van der Waals surface area contributed by atoms with E-state index in [1.54, 1.807) is 18.6 Å². The van der Waals surface area contributed by atoms with Crippen molar-refractivity contribution in [1.82, 2.24) is 18.9 Å². The summed E-state index contributed by atoms with van der Waals surface area (Å²) in [6.45, 7) is 2.30. The first-order valence-corrected chi connectivity index (χ1v) is 6.51. The van der Waals surface area contributed by atoms with Crippen molar-refractivity contribution in [3.63, 3.8) is 0 Å². The molecule has 3 rings (SSSR count). The fourth-order valence-corrected chi connectivity index (χ4v) is 2.54. The van der Waals surface area contributed by atoms with Crippen LogP contribution in [0.15, 0.2) is 23.4 Å². The molecule has 0 aromatic carbocycles. The summed E-state index contributed by atoms with van der Waals surface area (Å²) in [5.74, 6) is -0.230. The second-order valence-electron chi connectivity index (χ2n) is 5.07. The number of carbonyl (C=O) groups excluding carboxylic acids is 1. The van der Waals surface area contributed by atoms with Crippen LogP contribution in [0.25, 0.3) is 5.65 Å². The molecule has 3 heterocycles. The topological polar surface area (TPSA) is 59.6 Å². The van der Waals surface area contributed by atoms with Gasteiger partial charge < -0.3 is 4.90 Å². The number of likely N-dealkylation sites (tertiary alicyclic amines) is 1. The van der Waals surface area contributed by atoms with Crippen LogP contribution >= 0.6 is 0 Å². The van der Waals surface area contributed by atoms with Gasteiger partial charge in [-0.1, -0.05) is 0 Å². The molecule has 20 heavy (non-hydrogen) atoms. The Labute approximate surface area is 114 Å². The van der Waals surface area contributed by atoms with E-state index in [1.807, 2.05) is 6.92 Å². The van der Waals surface area contributed by atoms with E-state index in [1.165, 1.54) is 13.9 Å². The first-order valence-electron chi connectivity index (χ1n) is 6.51. The Morgan fingerprint density at radius 3 is 3.05 bits per heavy atom. The van der Waals surface area contributed by atoms with Crippen molar-refractivity contribution in [3.05, 3.63) is 34.6 Å². The highest BCUT2D eigenvalue weighted by molar-refractivity contribution is 5.76. The van der Waals surface area contributed by atoms with E-state index in [9.17, 15) is 14.0 Å². The zero-order valence-corrected chi connectivity index (χ0v) is 11.1. The largest absolute Gasteiger partial charge is 0.338 e. The van der Waals surface area contributed by atoms with Crippen molar-refractivity contribution in [3.8, 4) is 0 Å². The third-order valence-electron chi connectivity index (χ3n) is 3.58. The Balaban J connectivity index is 1.89. The molecule has 7 heteroatoms. The molecule has 1 aliphatic heterocycles. The Bertz CT molecular complexity index is 721. The normalized spacial score (nSPS) is 18.9. The standard InChI is InChI=1S/C13H15FN4O2/c1-9-6-17(13(20)18-5-3-15-12(9)18)8-11(19)16-4-2-10(14)7-16/h3,5-6,10H,2,4,7-8H2,1H3. The highest BCUT2D eigenvalue weighted by Crippen LogP contribution is 2.12. The molecule has 1 amide bonds. The van der Waals surface area contributed by atoms with Gasteiger partial charge in [-0.3, -0.25) is 13.8 Å². The number of fused-ring (bicyclic) bond motifs is 1. The van der Waals surface area contributed by atoms with E-state index in [4.69, 9.17) is 0 Å². The third-order valence-corrected chi connectivity index (χ3v) is 3.58. The van der Waals surface area contributed by atoms with Crippen molar-refractivity contribution in [2.75, 3.05) is 13.1 Å². The molecule has 2 aromatic heterocycles. The number of aromatic nitrogens is 3. The predicted octanol–water partition coefficient (Wildman–Crippen LogP) is 0.375. The minimum absolute atomic E-state index is 0.0689. The van der Waals surface area contributed by atoms with Crippen LogP contribution in [0.2, 0.25) is 0 Å². The lowest BCUT2D eigenvalue weighted by Crippen LogP contribution is -2.36. The summed E-state index contributed by atoms with van der Waals surface area (Å²) < 4.78 is 15.9. The number of hydrogen-bond donors (Lipinski definition) is 0. The second-order valence-corrected chi connectivity index (χ2v) is 5.07. The van der Waals surface area contributed by atoms with Crippen LogP contribution in [0.3, 0.4) is 0 Å². The van der Waals surface area contributed by atoms with E-state index in [0.29, 0.717) is 18.6 Å². The molecule has 2 aromatic rings. The smallest absolute Gasteiger partial charge is 0.334 e. The number of imidazole rings is 1. The maximum atomic E-state index is 13.1. The monoisotopic (exact) mass is 278 g/mol. The van der Waals surface area contributed by atoms with Crippen LogP contribution in [0.5, 0.6) is 0 Å². The quantitative estimate of drug-likeness (QED) is 0.797. The van der Waals surface area contributed by atoms with Crippen molar-refractivity contribution >= 4 is 11.6 Å². The average Bonchev–Trinajstić information content (AvgIpc) is 3.04. The summed E-state index contributed by atoms with van der Waals surface area (Å²) in [4.78, 5) is 29.8. The molecule has 6 nitrogen and oxygen atoms in total. The molecule has 1 saturated heterocycles. The summed E-state index contributed by atoms with van der Waals surface area (Å²) in [5, 5.41) is 0. The first-order chi connectivity index (χ1) is 9.56. The summed E-state index contributed by atoms with van der Waals surface area (Å²) in [7, 11) is 0. The lowest BCUT2D eigenvalue weighted by Gasteiger charge is -2.16. The fourth-order valence-electron chi connectivity index (χ4n) is 2.54. The first kappa shape index (κ1) is 12.8. The van der Waals surface area contributed by atoms with Gasteiger partial charge in [0.2, 0.25) is 5.91 Å². The molecule has 1 fully saturated rings. The number of rotatable bonds is 2. The van der Waals surface area contributed by atoms with Gasteiger partial charge in [-0.2, -0.15) is 0 Å². The molecule has 1 unspecified atom stereocenters. The minimum atomic E-state index is -0.950. The molecule has 1 atom stereocenters. The van der Waals surface area contributed by atoms with Gasteiger partial charge in [0.25, 0.3) is 0 Å². The Morgan fingerprint density at radius 2 is 2.35 bits per heavy atom. The number of halogens is 1. The van der Waals surface area contributed by atoms with Crippen LogP contribution in [-0.2, 0) is 11.3 Å². The molecule has 0 N–H and O–H groups in total. The van der Waals surface area contributed by atoms with Crippen LogP contribution in [0.1, 0.15) is 12.0 Å². The molecule has 106 valence electrons. The van der Waals surface area contributed by atoms with Gasteiger partial charge in [0.05, 0.1) is 6.54 Å². The summed E-state index contributed by atoms with van der Waals surface area (Å²) >= 11 is 0. The Hall–Kier alpha value is -2.18. The van der Waals surface area contributed by atoms with Crippen molar-refractivity contribution in [2.45, 2.75) is 26.1 Å². The molecule has 0 aliphatic carbocycles. The van der Waals surface area contributed by atoms with Crippen LogP contribution < -0.4 is 5.69 Å². The highest BCUT2D eigenvalue weighted by atomic mass is 19.1. The zero-order chi connectivity index (χ0) is 14.3. The number of alkyl halides is 1. The van der Waals surface area contributed by atoms with Gasteiger partial charge >= 0.3 is 5.69 Å². The number of hydrogen-bond acceptors (Lipinski definition) is 3. The van der Waals surface area contributed by atoms with Gasteiger partial charge in [-0.15, -0.1) is 0 Å². The van der Waals surface area contributed by atoms with E-state index in [0.717, 1.165) is 5.56 Å². The molecule has 0 saturated carbocycles. The second kappa shape index (κ2) is 4.73. The number of aryl methyl sites for hydroxylation is 1. The number of nitrogens with zero attached hydrogens (tertiary/aromatic N) is 4. The van der Waals surface area contributed by atoms with Gasteiger partial charge in [-0.25, -0.2) is 14.2 Å². The summed E-state index contributed by atoms with van der Waals surface area (Å²) in [6.07, 6.45) is 4.16. The molecular formula is C13H15FN4O2. The van der Waals surface area contributed by atoms with Crippen molar-refractivity contribution < 1.29 is 9.18 Å². The lowest BCUT2D eigenvalue weighted by atomic mass is 10.3. The highest BCUT2D eigenvalue weighted by Gasteiger charge is 2.26. The fraction of sp³-hybridized carbons (Fsp3) is 0.462. The molecule has 0 spiro atoms. The average molecular weight is 278 g/mol. The molecular weight excluding hydrogens is 263 g/mol. The van der Waals surface area contributed by atoms with Crippen LogP contribution in [0.4, 0.5) is 4.39 Å². The van der Waals surface area contributed by atoms with E-state index in [-0.39, 0.29) is 24.7 Å². The van der Waals surface area contributed by atoms with E-state index >= 15 is 0 Å². The van der Waals surface area contributed by atoms with Crippen LogP contribution in [0, 0.1) is 6.92 Å². The Morgan fingerprint density at radius 1 is 1.55 bits per heavy atom. The SMILES string of the molecule is Cc1cn(CC(=O)N2CCC(F)C2)c(=O)n2ccnc12.